The Hall–Kier alpha value is -3.20. The molecule has 4 heterocycles. The molecule has 2 unspecified atom stereocenters. The van der Waals surface area contributed by atoms with E-state index in [0.717, 1.165) is 56.1 Å². The lowest BCUT2D eigenvalue weighted by Gasteiger charge is -2.34. The molecule has 0 aliphatic carbocycles. The summed E-state index contributed by atoms with van der Waals surface area (Å²) in [4.78, 5) is 13.9. The molecule has 9 heteroatoms. The Kier molecular flexibility index (Phi) is 6.21. The number of likely N-dealkylation sites (tertiary alicyclic amines) is 1. The van der Waals surface area contributed by atoms with Gasteiger partial charge in [0.2, 0.25) is 0 Å². The molecule has 3 aliphatic rings. The third-order valence-electron chi connectivity index (χ3n) is 8.55. The first-order valence-corrected chi connectivity index (χ1v) is 14.1. The summed E-state index contributed by atoms with van der Waals surface area (Å²) in [5.41, 5.74) is 0.903. The highest BCUT2D eigenvalue weighted by Crippen LogP contribution is 2.43. The highest BCUT2D eigenvalue weighted by atomic mass is 35.5. The molecule has 0 spiro atoms. The second-order valence-electron chi connectivity index (χ2n) is 11.1. The number of benzene rings is 3. The second-order valence-corrected chi connectivity index (χ2v) is 11.5. The molecule has 3 saturated heterocycles. The number of halogens is 2. The molecule has 3 atom stereocenters. The first kappa shape index (κ1) is 24.8. The van der Waals surface area contributed by atoms with Crippen LogP contribution >= 0.6 is 11.6 Å². The topological polar surface area (TPSA) is 73.8 Å². The van der Waals surface area contributed by atoms with Crippen molar-refractivity contribution in [1.29, 1.82) is 0 Å². The van der Waals surface area contributed by atoms with Gasteiger partial charge < -0.3 is 25.0 Å². The fourth-order valence-corrected chi connectivity index (χ4v) is 6.84. The van der Waals surface area contributed by atoms with Gasteiger partial charge in [0.25, 0.3) is 0 Å². The van der Waals surface area contributed by atoms with Crippen molar-refractivity contribution in [1.82, 2.24) is 20.2 Å². The van der Waals surface area contributed by atoms with E-state index in [1.54, 1.807) is 18.2 Å². The van der Waals surface area contributed by atoms with Gasteiger partial charge in [0.1, 0.15) is 23.7 Å². The van der Waals surface area contributed by atoms with Crippen molar-refractivity contribution in [2.24, 2.45) is 0 Å². The van der Waals surface area contributed by atoms with Crippen LogP contribution in [0, 0.1) is 5.82 Å². The smallest absolute Gasteiger partial charge is 0.319 e. The van der Waals surface area contributed by atoms with Gasteiger partial charge >= 0.3 is 6.01 Å². The van der Waals surface area contributed by atoms with Crippen LogP contribution in [0.15, 0.2) is 42.5 Å². The van der Waals surface area contributed by atoms with E-state index in [1.807, 2.05) is 24.3 Å². The van der Waals surface area contributed by atoms with Crippen molar-refractivity contribution >= 4 is 39.1 Å². The minimum atomic E-state index is -0.544. The Morgan fingerprint density at radius 2 is 1.87 bits per heavy atom. The van der Waals surface area contributed by atoms with Crippen LogP contribution in [0.2, 0.25) is 5.02 Å². The van der Waals surface area contributed by atoms with E-state index in [4.69, 9.17) is 21.3 Å². The Balaban J connectivity index is 1.39. The van der Waals surface area contributed by atoms with Crippen molar-refractivity contribution in [2.45, 2.75) is 43.8 Å². The zero-order valence-corrected chi connectivity index (χ0v) is 22.6. The summed E-state index contributed by atoms with van der Waals surface area (Å²) in [6.07, 6.45) is 4.42. The zero-order valence-electron chi connectivity index (χ0n) is 21.8. The molecular formula is C30H31ClFN5O2. The molecule has 3 fully saturated rings. The van der Waals surface area contributed by atoms with Gasteiger partial charge in [-0.15, -0.1) is 0 Å². The molecule has 0 radical (unpaired) electrons. The van der Waals surface area contributed by atoms with Crippen molar-refractivity contribution in [3.8, 4) is 22.9 Å². The van der Waals surface area contributed by atoms with E-state index >= 15 is 4.39 Å². The lowest BCUT2D eigenvalue weighted by molar-refractivity contribution is 0.188. The number of hydrogen-bond acceptors (Lipinski definition) is 7. The highest BCUT2D eigenvalue weighted by molar-refractivity contribution is 6.35. The summed E-state index contributed by atoms with van der Waals surface area (Å²) in [6, 6.07) is 13.8. The van der Waals surface area contributed by atoms with Gasteiger partial charge in [-0.1, -0.05) is 35.9 Å². The van der Waals surface area contributed by atoms with Crippen molar-refractivity contribution < 1.29 is 14.2 Å². The Morgan fingerprint density at radius 1 is 1.08 bits per heavy atom. The standard InChI is InChI=1S/C30H31ClFN5O2/c1-36-10-4-6-20(36)16-39-30-34-28-24(29(35-30)37-14-18-8-9-19(15-37)33-18)13-25(31)26(27(28)32)23-12-21(38)11-17-5-2-3-7-22(17)23/h2-3,5,7,11-13,18-20,33,38H,4,6,8-10,14-16H2,1H3/t18?,19?,20-/m0/s1. The molecular weight excluding hydrogens is 517 g/mol. The monoisotopic (exact) mass is 547 g/mol. The molecule has 0 saturated carbocycles. The molecule has 7 nitrogen and oxygen atoms in total. The summed E-state index contributed by atoms with van der Waals surface area (Å²) in [7, 11) is 2.09. The van der Waals surface area contributed by atoms with Gasteiger partial charge in [0, 0.05) is 42.2 Å². The quantitative estimate of drug-likeness (QED) is 0.348. The van der Waals surface area contributed by atoms with E-state index in [0.29, 0.717) is 35.5 Å². The van der Waals surface area contributed by atoms with Gasteiger partial charge in [-0.05, 0) is 73.8 Å². The summed E-state index contributed by atoms with van der Waals surface area (Å²) < 4.78 is 22.8. The van der Waals surface area contributed by atoms with E-state index in [-0.39, 0.29) is 33.9 Å². The Bertz CT molecular complexity index is 1570. The number of aromatic nitrogens is 2. The molecule has 39 heavy (non-hydrogen) atoms. The van der Waals surface area contributed by atoms with Gasteiger partial charge in [0.05, 0.1) is 5.02 Å². The molecule has 0 amide bonds. The molecule has 202 valence electrons. The number of hydrogen-bond donors (Lipinski definition) is 2. The van der Waals surface area contributed by atoms with Crippen LogP contribution in [0.3, 0.4) is 0 Å². The Morgan fingerprint density at radius 3 is 2.64 bits per heavy atom. The largest absolute Gasteiger partial charge is 0.508 e. The number of nitrogens with zero attached hydrogens (tertiary/aromatic N) is 4. The number of anilines is 1. The third-order valence-corrected chi connectivity index (χ3v) is 8.85. The van der Waals surface area contributed by atoms with Gasteiger partial charge in [0.15, 0.2) is 5.82 Å². The van der Waals surface area contributed by atoms with Gasteiger partial charge in [-0.25, -0.2) is 4.39 Å². The lowest BCUT2D eigenvalue weighted by Crippen LogP contribution is -2.51. The fraction of sp³-hybridized carbons (Fsp3) is 0.400. The maximum atomic E-state index is 16.6. The van der Waals surface area contributed by atoms with E-state index < -0.39 is 5.82 Å². The molecule has 1 aromatic heterocycles. The van der Waals surface area contributed by atoms with Crippen LogP contribution in [0.1, 0.15) is 25.7 Å². The zero-order chi connectivity index (χ0) is 26.7. The normalized spacial score (nSPS) is 23.3. The molecule has 3 aliphatic heterocycles. The van der Waals surface area contributed by atoms with Crippen molar-refractivity contribution in [2.75, 3.05) is 38.2 Å². The van der Waals surface area contributed by atoms with Crippen LogP contribution in [-0.4, -0.2) is 71.4 Å². The number of nitrogens with one attached hydrogen (secondary N) is 1. The van der Waals surface area contributed by atoms with Crippen LogP contribution < -0.4 is 15.0 Å². The minimum absolute atomic E-state index is 0.0450. The molecule has 2 N–H and O–H groups in total. The first-order valence-electron chi connectivity index (χ1n) is 13.7. The number of piperazine rings is 1. The number of fused-ring (bicyclic) bond motifs is 4. The average molecular weight is 548 g/mol. The molecule has 3 aromatic carbocycles. The summed E-state index contributed by atoms with van der Waals surface area (Å²) in [5, 5.41) is 16.5. The van der Waals surface area contributed by atoms with Crippen LogP contribution in [0.25, 0.3) is 32.8 Å². The number of phenolic OH excluding ortho intramolecular Hbond substituents is 1. The maximum Gasteiger partial charge on any atom is 0.319 e. The van der Waals surface area contributed by atoms with Crippen molar-refractivity contribution in [3.05, 3.63) is 53.3 Å². The summed E-state index contributed by atoms with van der Waals surface area (Å²) in [5.74, 6) is 0.155. The van der Waals surface area contributed by atoms with Crippen LogP contribution in [0.4, 0.5) is 10.2 Å². The molecule has 7 rings (SSSR count). The minimum Gasteiger partial charge on any atom is -0.508 e. The van der Waals surface area contributed by atoms with E-state index in [1.165, 1.54) is 0 Å². The maximum absolute atomic E-state index is 16.6. The summed E-state index contributed by atoms with van der Waals surface area (Å²) >= 11 is 6.83. The van der Waals surface area contributed by atoms with E-state index in [2.05, 4.69) is 27.1 Å². The number of rotatable bonds is 5. The van der Waals surface area contributed by atoms with Crippen molar-refractivity contribution in [3.63, 3.8) is 0 Å². The predicted octanol–water partition coefficient (Wildman–Crippen LogP) is 5.36. The van der Waals surface area contributed by atoms with Gasteiger partial charge in [-0.2, -0.15) is 9.97 Å². The SMILES string of the molecule is CN1CCC[C@H]1COc1nc(N2CC3CCC(C2)N3)c2cc(Cl)c(-c3cc(O)cc4ccccc34)c(F)c2n1. The highest BCUT2D eigenvalue weighted by Gasteiger charge is 2.34. The number of aromatic hydroxyl groups is 1. The van der Waals surface area contributed by atoms with Gasteiger partial charge in [-0.3, -0.25) is 0 Å². The lowest BCUT2D eigenvalue weighted by atomic mass is 9.96. The second kappa shape index (κ2) is 9.77. The summed E-state index contributed by atoms with van der Waals surface area (Å²) in [6.45, 7) is 3.06. The Labute approximate surface area is 231 Å². The fourth-order valence-electron chi connectivity index (χ4n) is 6.54. The number of likely N-dealkylation sites (N-methyl/N-ethyl adjacent to an activating group) is 1. The average Bonchev–Trinajstić information content (AvgIpc) is 3.50. The van der Waals surface area contributed by atoms with Crippen LogP contribution in [0.5, 0.6) is 11.8 Å². The number of phenols is 1. The van der Waals surface area contributed by atoms with E-state index in [9.17, 15) is 5.11 Å². The molecule has 4 aromatic rings. The van der Waals surface area contributed by atoms with Crippen LogP contribution in [-0.2, 0) is 0 Å². The third kappa shape index (κ3) is 4.44. The predicted molar refractivity (Wildman–Crippen MR) is 152 cm³/mol. The first-order chi connectivity index (χ1) is 18.9. The molecule has 2 bridgehead atoms. The number of ether oxygens (including phenoxy) is 1.